The summed E-state index contributed by atoms with van der Waals surface area (Å²) in [6.45, 7) is 2.02. The molecule has 16 heteroatoms. The van der Waals surface area contributed by atoms with Crippen molar-refractivity contribution in [1.29, 1.82) is 0 Å². The number of phenolic OH excluding ortho intramolecular Hbond substituents is 1. The number of methoxy groups -OCH3 is 1. The minimum absolute atomic E-state index is 0.00519. The van der Waals surface area contributed by atoms with Gasteiger partial charge in [-0.15, -0.1) is 0 Å². The third-order valence-corrected chi connectivity index (χ3v) is 7.29. The number of phenols is 1. The van der Waals surface area contributed by atoms with E-state index in [9.17, 15) is 29.1 Å². The van der Waals surface area contributed by atoms with Gasteiger partial charge in [0, 0.05) is 40.1 Å². The van der Waals surface area contributed by atoms with Crippen molar-refractivity contribution in [3.63, 3.8) is 0 Å². The predicted molar refractivity (Wildman–Crippen MR) is 185 cm³/mol. The number of nitrogens with zero attached hydrogens (tertiary/aromatic N) is 2. The average Bonchev–Trinajstić information content (AvgIpc) is 3.08. The molecule has 0 radical (unpaired) electrons. The number of hydrogen-bond acceptors (Lipinski definition) is 10. The molecule has 0 fully saturated rings. The molecule has 0 saturated carbocycles. The van der Waals surface area contributed by atoms with Crippen molar-refractivity contribution in [1.82, 2.24) is 20.9 Å². The number of carbonyl (C=O) groups is 5. The molecule has 0 aliphatic heterocycles. The Morgan fingerprint density at radius 3 is 2.20 bits per heavy atom. The molecule has 50 heavy (non-hydrogen) atoms. The van der Waals surface area contributed by atoms with Crippen LogP contribution in [0.5, 0.6) is 5.75 Å². The van der Waals surface area contributed by atoms with Crippen LogP contribution in [0, 0.1) is 0 Å². The average molecular weight is 700 g/mol. The number of likely N-dealkylation sites (N-methyl/N-ethyl adjacent to an activating group) is 1. The van der Waals surface area contributed by atoms with E-state index in [-0.39, 0.29) is 70.2 Å². The van der Waals surface area contributed by atoms with Gasteiger partial charge in [0.15, 0.2) is 6.79 Å². The highest BCUT2D eigenvalue weighted by Gasteiger charge is 2.30. The van der Waals surface area contributed by atoms with Crippen LogP contribution in [0.2, 0.25) is 0 Å². The molecule has 5 amide bonds. The van der Waals surface area contributed by atoms with Crippen LogP contribution in [-0.2, 0) is 46.2 Å². The number of nitrogens with one attached hydrogen (secondary N) is 3. The summed E-state index contributed by atoms with van der Waals surface area (Å²) in [6.07, 6.45) is 0.474. The summed E-state index contributed by atoms with van der Waals surface area (Å²) < 4.78 is 15.0. The Morgan fingerprint density at radius 2 is 1.56 bits per heavy atom. The normalized spacial score (nSPS) is 13.0. The number of esters is 1. The standard InChI is InChI=1S/C34H49N7O9/c1-23(35)38-28(20-25-11-13-26(42)14-12-25)32(45)39-27(10-7-16-37-34(36)47)31(44)40-29(21-24-8-5-4-6-9-24)33(46)41(2)17-15-30(43)50-22-49-19-18-48-3/h4-6,8-9,11-14,27-29,42H,7,10,15-22H2,1-3H3,(H2,35,38)(H,39,45)(H,40,44)(H3,36,37,47)/t27-,28-,29-/m0/s1. The van der Waals surface area contributed by atoms with Crippen molar-refractivity contribution in [3.8, 4) is 5.75 Å². The van der Waals surface area contributed by atoms with Gasteiger partial charge in [0.2, 0.25) is 17.7 Å². The first-order valence-electron chi connectivity index (χ1n) is 16.1. The van der Waals surface area contributed by atoms with Crippen LogP contribution in [0.1, 0.15) is 37.3 Å². The van der Waals surface area contributed by atoms with E-state index >= 15 is 0 Å². The number of amides is 5. The third-order valence-electron chi connectivity index (χ3n) is 7.29. The van der Waals surface area contributed by atoms with Crippen LogP contribution in [0.4, 0.5) is 4.79 Å². The van der Waals surface area contributed by atoms with E-state index in [2.05, 4.69) is 20.9 Å². The second-order valence-corrected chi connectivity index (χ2v) is 11.4. The van der Waals surface area contributed by atoms with Crippen LogP contribution < -0.4 is 27.4 Å². The number of amidine groups is 1. The number of urea groups is 1. The smallest absolute Gasteiger partial charge is 0.312 e. The highest BCUT2D eigenvalue weighted by atomic mass is 16.7. The van der Waals surface area contributed by atoms with Gasteiger partial charge in [0.25, 0.3) is 0 Å². The quantitative estimate of drug-likeness (QED) is 0.0324. The first-order valence-corrected chi connectivity index (χ1v) is 16.1. The first kappa shape index (κ1) is 41.0. The highest BCUT2D eigenvalue weighted by molar-refractivity contribution is 5.94. The molecule has 0 spiro atoms. The molecule has 0 aliphatic carbocycles. The molecule has 16 nitrogen and oxygen atoms in total. The largest absolute Gasteiger partial charge is 0.508 e. The predicted octanol–water partition coefficient (Wildman–Crippen LogP) is 0.353. The van der Waals surface area contributed by atoms with E-state index in [4.69, 9.17) is 25.7 Å². The number of aliphatic imine (C=N–C) groups is 1. The lowest BCUT2D eigenvalue weighted by molar-refractivity contribution is -0.157. The van der Waals surface area contributed by atoms with Crippen molar-refractivity contribution in [2.75, 3.05) is 47.3 Å². The number of ether oxygens (including phenoxy) is 3. The van der Waals surface area contributed by atoms with Gasteiger partial charge in [-0.05, 0) is 43.0 Å². The third kappa shape index (κ3) is 16.3. The van der Waals surface area contributed by atoms with Gasteiger partial charge in [-0.1, -0.05) is 42.5 Å². The summed E-state index contributed by atoms with van der Waals surface area (Å²) >= 11 is 0. The van der Waals surface area contributed by atoms with Gasteiger partial charge in [-0.3, -0.25) is 24.2 Å². The molecule has 3 atom stereocenters. The Bertz CT molecular complexity index is 1400. The van der Waals surface area contributed by atoms with Crippen molar-refractivity contribution >= 4 is 35.6 Å². The minimum atomic E-state index is -1.14. The first-order chi connectivity index (χ1) is 23.9. The maximum Gasteiger partial charge on any atom is 0.312 e. The molecular formula is C34H49N7O9. The fraction of sp³-hybridized carbons (Fsp3) is 0.471. The number of benzene rings is 2. The molecule has 0 bridgehead atoms. The molecule has 0 aliphatic rings. The maximum absolute atomic E-state index is 13.8. The summed E-state index contributed by atoms with van der Waals surface area (Å²) in [5, 5.41) is 17.6. The van der Waals surface area contributed by atoms with E-state index in [1.807, 2.05) is 18.2 Å². The number of hydrogen-bond donors (Lipinski definition) is 6. The van der Waals surface area contributed by atoms with E-state index in [1.165, 1.54) is 38.1 Å². The summed E-state index contributed by atoms with van der Waals surface area (Å²) in [5.41, 5.74) is 12.5. The van der Waals surface area contributed by atoms with Gasteiger partial charge in [0.05, 0.1) is 25.5 Å². The van der Waals surface area contributed by atoms with Crippen molar-refractivity contribution in [3.05, 3.63) is 65.7 Å². The zero-order chi connectivity index (χ0) is 36.9. The Kier molecular flexibility index (Phi) is 18.4. The molecule has 274 valence electrons. The lowest BCUT2D eigenvalue weighted by atomic mass is 10.0. The number of carbonyl (C=O) groups excluding carboxylic acids is 5. The number of nitrogens with two attached hydrogens (primary N) is 2. The molecule has 0 aromatic heterocycles. The number of rotatable bonds is 22. The van der Waals surface area contributed by atoms with E-state index in [0.717, 1.165) is 5.56 Å². The SMILES string of the molecule is COCCOCOC(=O)CCN(C)C(=O)[C@H](Cc1ccccc1)NC(=O)[C@H](CCCNC(N)=O)NC(=O)[C@H](Cc1ccc(O)cc1)N=C(C)N. The monoisotopic (exact) mass is 699 g/mol. The molecule has 2 aromatic rings. The lowest BCUT2D eigenvalue weighted by Gasteiger charge is -2.27. The molecule has 8 N–H and O–H groups in total. The topological polar surface area (TPSA) is 237 Å². The van der Waals surface area contributed by atoms with Crippen LogP contribution in [-0.4, -0.2) is 111 Å². The van der Waals surface area contributed by atoms with Crippen LogP contribution in [0.25, 0.3) is 0 Å². The second-order valence-electron chi connectivity index (χ2n) is 11.4. The van der Waals surface area contributed by atoms with Gasteiger partial charge < -0.3 is 51.6 Å². The second kappa shape index (κ2) is 22.4. The Labute approximate surface area is 291 Å². The van der Waals surface area contributed by atoms with Gasteiger partial charge in [-0.2, -0.15) is 0 Å². The Balaban J connectivity index is 2.23. The molecule has 0 unspecified atom stereocenters. The fourth-order valence-corrected chi connectivity index (χ4v) is 4.69. The summed E-state index contributed by atoms with van der Waals surface area (Å²) in [7, 11) is 3.02. The molecule has 0 heterocycles. The van der Waals surface area contributed by atoms with Crippen molar-refractivity contribution < 1.29 is 43.3 Å². The zero-order valence-electron chi connectivity index (χ0n) is 28.8. The fourth-order valence-electron chi connectivity index (χ4n) is 4.69. The molecular weight excluding hydrogens is 650 g/mol. The molecule has 2 aromatic carbocycles. The van der Waals surface area contributed by atoms with Gasteiger partial charge in [0.1, 0.15) is 23.9 Å². The maximum atomic E-state index is 13.8. The van der Waals surface area contributed by atoms with Crippen molar-refractivity contribution in [2.24, 2.45) is 16.5 Å². The van der Waals surface area contributed by atoms with E-state index in [1.54, 1.807) is 24.3 Å². The van der Waals surface area contributed by atoms with Gasteiger partial charge >= 0.3 is 12.0 Å². The number of primary amides is 1. The molecule has 0 saturated heterocycles. The minimum Gasteiger partial charge on any atom is -0.508 e. The summed E-state index contributed by atoms with van der Waals surface area (Å²) in [5.74, 6) is -2.09. The Morgan fingerprint density at radius 1 is 0.900 bits per heavy atom. The Hall–Kier alpha value is -5.22. The van der Waals surface area contributed by atoms with Gasteiger partial charge in [-0.25, -0.2) is 4.79 Å². The van der Waals surface area contributed by atoms with Crippen LogP contribution in [0.3, 0.4) is 0 Å². The van der Waals surface area contributed by atoms with Crippen molar-refractivity contribution in [2.45, 2.75) is 57.2 Å². The van der Waals surface area contributed by atoms with Crippen LogP contribution >= 0.6 is 0 Å². The number of aromatic hydroxyl groups is 1. The lowest BCUT2D eigenvalue weighted by Crippen LogP contribution is -2.56. The van der Waals surface area contributed by atoms with Crippen LogP contribution in [0.15, 0.2) is 59.6 Å². The molecule has 2 rings (SSSR count). The van der Waals surface area contributed by atoms with E-state index < -0.39 is 47.8 Å². The zero-order valence-corrected chi connectivity index (χ0v) is 28.8. The highest BCUT2D eigenvalue weighted by Crippen LogP contribution is 2.14. The summed E-state index contributed by atoms with van der Waals surface area (Å²) in [6, 6.07) is 11.3. The van der Waals surface area contributed by atoms with E-state index in [0.29, 0.717) is 12.2 Å². The summed E-state index contributed by atoms with van der Waals surface area (Å²) in [4.78, 5) is 70.1.